The Kier molecular flexibility index (Phi) is 9.90. The number of unbranched alkanes of at least 4 members (excludes halogenated alkanes) is 3. The fourth-order valence-corrected chi connectivity index (χ4v) is 2.79. The second kappa shape index (κ2) is 11.7. The summed E-state index contributed by atoms with van der Waals surface area (Å²) in [5.41, 5.74) is -0.0751. The molecule has 0 unspecified atom stereocenters. The number of rotatable bonds is 12. The zero-order chi connectivity index (χ0) is 18.5. The Hall–Kier alpha value is -1.84. The maximum absolute atomic E-state index is 12.6. The van der Waals surface area contributed by atoms with Gasteiger partial charge in [-0.3, -0.25) is 9.59 Å². The Morgan fingerprint density at radius 2 is 1.44 bits per heavy atom. The van der Waals surface area contributed by atoms with E-state index in [4.69, 9.17) is 9.47 Å². The van der Waals surface area contributed by atoms with Gasteiger partial charge in [-0.2, -0.15) is 0 Å². The molecule has 0 saturated heterocycles. The quantitative estimate of drug-likeness (QED) is 0.312. The molecule has 0 fully saturated rings. The monoisotopic (exact) mass is 348 g/mol. The summed E-state index contributed by atoms with van der Waals surface area (Å²) in [4.78, 5) is 25.1. The van der Waals surface area contributed by atoms with E-state index >= 15 is 0 Å². The van der Waals surface area contributed by atoms with Crippen molar-refractivity contribution in [3.05, 3.63) is 35.9 Å². The number of carbonyl (C=O) groups is 2. The van der Waals surface area contributed by atoms with E-state index in [1.54, 1.807) is 0 Å². The van der Waals surface area contributed by atoms with Crippen LogP contribution in [-0.2, 0) is 25.5 Å². The van der Waals surface area contributed by atoms with Gasteiger partial charge in [0.25, 0.3) is 0 Å². The molecule has 0 aromatic heterocycles. The molecule has 0 aliphatic rings. The minimum Gasteiger partial charge on any atom is -0.465 e. The van der Waals surface area contributed by atoms with Crippen LogP contribution in [0.2, 0.25) is 0 Å². The van der Waals surface area contributed by atoms with E-state index in [2.05, 4.69) is 6.92 Å². The zero-order valence-electron chi connectivity index (χ0n) is 15.9. The number of hydrogen-bond acceptors (Lipinski definition) is 4. The van der Waals surface area contributed by atoms with E-state index in [0.29, 0.717) is 25.9 Å². The summed E-state index contributed by atoms with van der Waals surface area (Å²) >= 11 is 0. The third-order valence-electron chi connectivity index (χ3n) is 4.69. The van der Waals surface area contributed by atoms with Crippen molar-refractivity contribution in [1.82, 2.24) is 0 Å². The van der Waals surface area contributed by atoms with Crippen molar-refractivity contribution >= 4 is 11.9 Å². The van der Waals surface area contributed by atoms with Gasteiger partial charge in [-0.15, -0.1) is 0 Å². The molecule has 0 atom stereocenters. The second-order valence-electron chi connectivity index (χ2n) is 6.36. The maximum Gasteiger partial charge on any atom is 0.323 e. The molecule has 25 heavy (non-hydrogen) atoms. The Morgan fingerprint density at radius 3 is 2.00 bits per heavy atom. The van der Waals surface area contributed by atoms with Gasteiger partial charge in [0.2, 0.25) is 0 Å². The summed E-state index contributed by atoms with van der Waals surface area (Å²) in [6.45, 7) is 6.45. The van der Waals surface area contributed by atoms with Crippen LogP contribution >= 0.6 is 0 Å². The molecule has 0 heterocycles. The fourth-order valence-electron chi connectivity index (χ4n) is 2.79. The summed E-state index contributed by atoms with van der Waals surface area (Å²) in [6, 6.07) is 9.84. The predicted octanol–water partition coefficient (Wildman–Crippen LogP) is 4.70. The van der Waals surface area contributed by atoms with Crippen LogP contribution in [0.15, 0.2) is 30.3 Å². The van der Waals surface area contributed by atoms with Crippen molar-refractivity contribution in [1.29, 1.82) is 0 Å². The summed E-state index contributed by atoms with van der Waals surface area (Å²) in [5.74, 6) is -0.911. The van der Waals surface area contributed by atoms with Crippen molar-refractivity contribution in [3.63, 3.8) is 0 Å². The molecule has 0 spiro atoms. The van der Waals surface area contributed by atoms with Gasteiger partial charge < -0.3 is 9.47 Å². The van der Waals surface area contributed by atoms with Crippen LogP contribution in [0.5, 0.6) is 0 Å². The maximum atomic E-state index is 12.6. The van der Waals surface area contributed by atoms with Gasteiger partial charge in [-0.05, 0) is 24.8 Å². The van der Waals surface area contributed by atoms with Crippen LogP contribution < -0.4 is 0 Å². The molecule has 140 valence electrons. The summed E-state index contributed by atoms with van der Waals surface area (Å²) < 4.78 is 10.8. The van der Waals surface area contributed by atoms with E-state index in [9.17, 15) is 9.59 Å². The van der Waals surface area contributed by atoms with Gasteiger partial charge in [-0.25, -0.2) is 0 Å². The molecule has 0 aliphatic heterocycles. The Bertz CT molecular complexity index is 506. The minimum atomic E-state index is -1.18. The average molecular weight is 348 g/mol. The number of esters is 2. The van der Waals surface area contributed by atoms with E-state index < -0.39 is 17.4 Å². The number of hydrogen-bond donors (Lipinski definition) is 0. The Morgan fingerprint density at radius 1 is 0.840 bits per heavy atom. The van der Waals surface area contributed by atoms with E-state index in [1.165, 1.54) is 0 Å². The van der Waals surface area contributed by atoms with Crippen LogP contribution in [0, 0.1) is 5.41 Å². The third kappa shape index (κ3) is 6.52. The topological polar surface area (TPSA) is 52.6 Å². The SMILES string of the molecule is CCCCCCOC(=O)C(CC)(CC)C(=O)OCCc1ccccc1. The lowest BCUT2D eigenvalue weighted by Crippen LogP contribution is -2.41. The molecule has 1 aromatic rings. The van der Waals surface area contributed by atoms with E-state index in [1.807, 2.05) is 44.2 Å². The lowest BCUT2D eigenvalue weighted by molar-refractivity contribution is -0.173. The molecule has 0 radical (unpaired) electrons. The average Bonchev–Trinajstić information content (AvgIpc) is 2.64. The minimum absolute atomic E-state index is 0.272. The van der Waals surface area contributed by atoms with Gasteiger partial charge in [0.1, 0.15) is 0 Å². The summed E-state index contributed by atoms with van der Waals surface area (Å²) in [6.07, 6.45) is 5.56. The fraction of sp³-hybridized carbons (Fsp3) is 0.619. The lowest BCUT2D eigenvalue weighted by Gasteiger charge is -2.27. The molecule has 0 bridgehead atoms. The first-order valence-corrected chi connectivity index (χ1v) is 9.49. The summed E-state index contributed by atoms with van der Waals surface area (Å²) in [5, 5.41) is 0. The molecule has 1 aromatic carbocycles. The first kappa shape index (κ1) is 21.2. The van der Waals surface area contributed by atoms with Gasteiger partial charge in [0.05, 0.1) is 13.2 Å². The second-order valence-corrected chi connectivity index (χ2v) is 6.36. The molecule has 0 amide bonds. The Balaban J connectivity index is 2.53. The molecule has 0 saturated carbocycles. The predicted molar refractivity (Wildman–Crippen MR) is 99.2 cm³/mol. The normalized spacial score (nSPS) is 11.2. The lowest BCUT2D eigenvalue weighted by atomic mass is 9.82. The molecule has 1 rings (SSSR count). The van der Waals surface area contributed by atoms with Gasteiger partial charge in [-0.1, -0.05) is 70.4 Å². The van der Waals surface area contributed by atoms with Gasteiger partial charge in [0.15, 0.2) is 5.41 Å². The van der Waals surface area contributed by atoms with Gasteiger partial charge >= 0.3 is 11.9 Å². The highest BCUT2D eigenvalue weighted by atomic mass is 16.6. The zero-order valence-corrected chi connectivity index (χ0v) is 15.9. The third-order valence-corrected chi connectivity index (χ3v) is 4.69. The van der Waals surface area contributed by atoms with Crippen LogP contribution in [0.25, 0.3) is 0 Å². The van der Waals surface area contributed by atoms with E-state index in [-0.39, 0.29) is 6.61 Å². The standard InChI is InChI=1S/C21H32O4/c1-4-7-8-12-16-24-19(22)21(5-2,6-3)20(23)25-17-15-18-13-10-9-11-14-18/h9-11,13-14H,4-8,12,15-17H2,1-3H3. The van der Waals surface area contributed by atoms with Gasteiger partial charge in [0, 0.05) is 6.42 Å². The number of carbonyl (C=O) groups excluding carboxylic acids is 2. The van der Waals surface area contributed by atoms with Crippen molar-refractivity contribution in [2.75, 3.05) is 13.2 Å². The van der Waals surface area contributed by atoms with Crippen molar-refractivity contribution < 1.29 is 19.1 Å². The molecule has 4 nitrogen and oxygen atoms in total. The van der Waals surface area contributed by atoms with Crippen molar-refractivity contribution in [2.24, 2.45) is 5.41 Å². The highest BCUT2D eigenvalue weighted by Crippen LogP contribution is 2.30. The van der Waals surface area contributed by atoms with Crippen molar-refractivity contribution in [2.45, 2.75) is 65.7 Å². The van der Waals surface area contributed by atoms with Crippen molar-refractivity contribution in [3.8, 4) is 0 Å². The number of benzene rings is 1. The number of ether oxygens (including phenoxy) is 2. The highest BCUT2D eigenvalue weighted by Gasteiger charge is 2.45. The highest BCUT2D eigenvalue weighted by molar-refractivity contribution is 6.00. The molecule has 0 N–H and O–H groups in total. The molecular formula is C21H32O4. The molecule has 4 heteroatoms. The smallest absolute Gasteiger partial charge is 0.323 e. The first-order chi connectivity index (χ1) is 12.1. The molecular weight excluding hydrogens is 316 g/mol. The molecule has 0 aliphatic carbocycles. The van der Waals surface area contributed by atoms with Crippen LogP contribution in [0.4, 0.5) is 0 Å². The largest absolute Gasteiger partial charge is 0.465 e. The van der Waals surface area contributed by atoms with Crippen LogP contribution in [0.3, 0.4) is 0 Å². The first-order valence-electron chi connectivity index (χ1n) is 9.49. The van der Waals surface area contributed by atoms with Crippen LogP contribution in [-0.4, -0.2) is 25.2 Å². The van der Waals surface area contributed by atoms with Crippen LogP contribution in [0.1, 0.15) is 64.9 Å². The van der Waals surface area contributed by atoms with E-state index in [0.717, 1.165) is 31.2 Å². The summed E-state index contributed by atoms with van der Waals surface area (Å²) in [7, 11) is 0. The Labute approximate surface area is 151 Å².